The number of carbonyl (C=O) groups is 2. The summed E-state index contributed by atoms with van der Waals surface area (Å²) in [7, 11) is 0. The van der Waals surface area contributed by atoms with Crippen molar-refractivity contribution in [2.75, 3.05) is 6.54 Å². The third-order valence-electron chi connectivity index (χ3n) is 2.30. The summed E-state index contributed by atoms with van der Waals surface area (Å²) in [4.78, 5) is 21.9. The number of piperidine rings is 1. The molecule has 1 saturated heterocycles. The number of hydrogen-bond acceptors (Lipinski definition) is 3. The number of halogens is 1. The quantitative estimate of drug-likeness (QED) is 0.578. The lowest BCUT2D eigenvalue weighted by molar-refractivity contribution is -0.127. The van der Waals surface area contributed by atoms with Gasteiger partial charge in [-0.3, -0.25) is 9.59 Å². The summed E-state index contributed by atoms with van der Waals surface area (Å²) in [6.45, 7) is 0.723. The molecule has 82 valence electrons. The molecule has 14 heavy (non-hydrogen) atoms. The van der Waals surface area contributed by atoms with Gasteiger partial charge in [0.15, 0.2) is 0 Å². The summed E-state index contributed by atoms with van der Waals surface area (Å²) < 4.78 is 0. The fourth-order valence-electron chi connectivity index (χ4n) is 1.48. The van der Waals surface area contributed by atoms with Crippen LogP contribution in [0.3, 0.4) is 0 Å². The Hall–Kier alpha value is -0.810. The Morgan fingerprint density at radius 2 is 2.29 bits per heavy atom. The van der Waals surface area contributed by atoms with E-state index in [9.17, 15) is 9.59 Å². The van der Waals surface area contributed by atoms with Crippen LogP contribution in [0.15, 0.2) is 0 Å². The Kier molecular flexibility index (Phi) is 5.49. The summed E-state index contributed by atoms with van der Waals surface area (Å²) in [5.41, 5.74) is 10.5. The number of nitrogens with two attached hydrogens (primary N) is 2. The predicted octanol–water partition coefficient (Wildman–Crippen LogP) is -0.863. The zero-order valence-corrected chi connectivity index (χ0v) is 8.68. The highest BCUT2D eigenvalue weighted by Crippen LogP contribution is 2.16. The van der Waals surface area contributed by atoms with Crippen LogP contribution in [0.2, 0.25) is 0 Å². The third-order valence-corrected chi connectivity index (χ3v) is 2.30. The monoisotopic (exact) mass is 221 g/mol. The molecule has 5 nitrogen and oxygen atoms in total. The molecule has 0 radical (unpaired) electrons. The van der Waals surface area contributed by atoms with Crippen LogP contribution >= 0.6 is 12.4 Å². The highest BCUT2D eigenvalue weighted by atomic mass is 35.5. The first-order valence-electron chi connectivity index (χ1n) is 4.44. The molecule has 6 heteroatoms. The second-order valence-electron chi connectivity index (χ2n) is 3.37. The molecule has 1 aliphatic heterocycles. The first kappa shape index (κ1) is 13.2. The van der Waals surface area contributed by atoms with E-state index in [4.69, 9.17) is 11.5 Å². The van der Waals surface area contributed by atoms with Crippen molar-refractivity contribution in [2.45, 2.75) is 25.3 Å². The highest BCUT2D eigenvalue weighted by molar-refractivity contribution is 5.85. The van der Waals surface area contributed by atoms with E-state index in [1.807, 2.05) is 0 Å². The van der Waals surface area contributed by atoms with Crippen LogP contribution in [0, 0.1) is 5.92 Å². The van der Waals surface area contributed by atoms with Crippen LogP contribution in [0.1, 0.15) is 19.3 Å². The number of hydrogen-bond donors (Lipinski definition) is 3. The molecular weight excluding hydrogens is 206 g/mol. The van der Waals surface area contributed by atoms with E-state index in [0.717, 1.165) is 19.4 Å². The Morgan fingerprint density at radius 3 is 2.79 bits per heavy atom. The first-order valence-corrected chi connectivity index (χ1v) is 4.44. The zero-order chi connectivity index (χ0) is 9.84. The lowest BCUT2D eigenvalue weighted by Gasteiger charge is -2.23. The Morgan fingerprint density at radius 1 is 1.64 bits per heavy atom. The lowest BCUT2D eigenvalue weighted by atomic mass is 9.92. The van der Waals surface area contributed by atoms with Crippen molar-refractivity contribution in [1.29, 1.82) is 0 Å². The maximum absolute atomic E-state index is 11.2. The Balaban J connectivity index is 0.00000169. The van der Waals surface area contributed by atoms with Gasteiger partial charge in [-0.1, -0.05) is 0 Å². The average molecular weight is 222 g/mol. The van der Waals surface area contributed by atoms with E-state index in [2.05, 4.69) is 5.32 Å². The van der Waals surface area contributed by atoms with E-state index < -0.39 is 11.9 Å². The van der Waals surface area contributed by atoms with E-state index in [-0.39, 0.29) is 24.2 Å². The highest BCUT2D eigenvalue weighted by Gasteiger charge is 2.25. The van der Waals surface area contributed by atoms with Crippen molar-refractivity contribution in [1.82, 2.24) is 5.32 Å². The van der Waals surface area contributed by atoms with Crippen LogP contribution in [-0.4, -0.2) is 24.4 Å². The summed E-state index contributed by atoms with van der Waals surface area (Å²) in [6, 6.07) is -0.700. The Bertz CT molecular complexity index is 223. The van der Waals surface area contributed by atoms with Crippen molar-refractivity contribution >= 4 is 24.2 Å². The van der Waals surface area contributed by atoms with Gasteiger partial charge in [0.2, 0.25) is 11.8 Å². The van der Waals surface area contributed by atoms with E-state index in [1.165, 1.54) is 0 Å². The van der Waals surface area contributed by atoms with Crippen LogP contribution < -0.4 is 16.8 Å². The molecule has 1 heterocycles. The molecule has 0 spiro atoms. The van der Waals surface area contributed by atoms with Crippen LogP contribution in [0.25, 0.3) is 0 Å². The third kappa shape index (κ3) is 3.51. The fraction of sp³-hybridized carbons (Fsp3) is 0.750. The van der Waals surface area contributed by atoms with Gasteiger partial charge in [0.05, 0.1) is 6.04 Å². The number of primary amides is 1. The van der Waals surface area contributed by atoms with Gasteiger partial charge in [0, 0.05) is 12.5 Å². The number of amides is 2. The summed E-state index contributed by atoms with van der Waals surface area (Å²) >= 11 is 0. The number of rotatable bonds is 3. The minimum absolute atomic E-state index is 0. The normalized spacial score (nSPS) is 23.2. The lowest BCUT2D eigenvalue weighted by Crippen LogP contribution is -2.43. The molecule has 0 aromatic heterocycles. The molecule has 0 aromatic carbocycles. The molecule has 1 rings (SSSR count). The molecule has 0 saturated carbocycles. The molecule has 2 amide bonds. The minimum Gasteiger partial charge on any atom is -0.368 e. The van der Waals surface area contributed by atoms with E-state index in [1.54, 1.807) is 0 Å². The zero-order valence-electron chi connectivity index (χ0n) is 7.86. The Labute approximate surface area is 89.0 Å². The molecule has 0 bridgehead atoms. The number of nitrogens with one attached hydrogen (secondary N) is 1. The van der Waals surface area contributed by atoms with Crippen molar-refractivity contribution in [2.24, 2.45) is 17.4 Å². The molecule has 1 fully saturated rings. The van der Waals surface area contributed by atoms with Crippen LogP contribution in [-0.2, 0) is 9.59 Å². The SMILES string of the molecule is Cl.NC(=O)[C@H](N)C[C@@H]1CCCNC1=O. The van der Waals surface area contributed by atoms with Crippen molar-refractivity contribution in [3.63, 3.8) is 0 Å². The van der Waals surface area contributed by atoms with E-state index in [0.29, 0.717) is 6.42 Å². The topological polar surface area (TPSA) is 98.2 Å². The number of carbonyl (C=O) groups excluding carboxylic acids is 2. The van der Waals surface area contributed by atoms with Gasteiger partial charge in [-0.25, -0.2) is 0 Å². The summed E-state index contributed by atoms with van der Waals surface area (Å²) in [6.07, 6.45) is 2.11. The van der Waals surface area contributed by atoms with Crippen molar-refractivity contribution in [3.05, 3.63) is 0 Å². The standard InChI is InChI=1S/C8H15N3O2.ClH/c9-6(7(10)12)4-5-2-1-3-11-8(5)13;/h5-6H,1-4,9H2,(H2,10,12)(H,11,13);1H/t5-,6+;/m0./s1. The summed E-state index contributed by atoms with van der Waals surface area (Å²) in [5, 5.41) is 2.73. The largest absolute Gasteiger partial charge is 0.368 e. The van der Waals surface area contributed by atoms with Gasteiger partial charge in [0.1, 0.15) is 0 Å². The minimum atomic E-state index is -0.700. The van der Waals surface area contributed by atoms with Crippen molar-refractivity contribution in [3.8, 4) is 0 Å². The molecule has 5 N–H and O–H groups in total. The molecule has 0 aromatic rings. The first-order chi connectivity index (χ1) is 6.11. The maximum atomic E-state index is 11.2. The predicted molar refractivity (Wildman–Crippen MR) is 54.8 cm³/mol. The van der Waals surface area contributed by atoms with Gasteiger partial charge >= 0.3 is 0 Å². The molecule has 1 aliphatic rings. The van der Waals surface area contributed by atoms with Gasteiger partial charge in [-0.05, 0) is 19.3 Å². The van der Waals surface area contributed by atoms with Gasteiger partial charge in [-0.2, -0.15) is 0 Å². The average Bonchev–Trinajstić information content (AvgIpc) is 2.08. The second kappa shape index (κ2) is 5.82. The van der Waals surface area contributed by atoms with Crippen LogP contribution in [0.4, 0.5) is 0 Å². The van der Waals surface area contributed by atoms with E-state index >= 15 is 0 Å². The van der Waals surface area contributed by atoms with Gasteiger partial charge in [-0.15, -0.1) is 12.4 Å². The smallest absolute Gasteiger partial charge is 0.234 e. The molecule has 0 aliphatic carbocycles. The fourth-order valence-corrected chi connectivity index (χ4v) is 1.48. The maximum Gasteiger partial charge on any atom is 0.234 e. The van der Waals surface area contributed by atoms with Crippen LogP contribution in [0.5, 0.6) is 0 Å². The molecular formula is C8H16ClN3O2. The second-order valence-corrected chi connectivity index (χ2v) is 3.37. The summed E-state index contributed by atoms with van der Waals surface area (Å²) in [5.74, 6) is -0.697. The molecule has 0 unspecified atom stereocenters. The van der Waals surface area contributed by atoms with Crippen molar-refractivity contribution < 1.29 is 9.59 Å². The molecule has 2 atom stereocenters. The van der Waals surface area contributed by atoms with Gasteiger partial charge < -0.3 is 16.8 Å². The van der Waals surface area contributed by atoms with Gasteiger partial charge in [0.25, 0.3) is 0 Å².